The molecule has 0 atom stereocenters. The number of fused-ring (bicyclic) bond motifs is 1. The monoisotopic (exact) mass is 590 g/mol. The highest BCUT2D eigenvalue weighted by atomic mass is 79.9. The van der Waals surface area contributed by atoms with Gasteiger partial charge in [0.25, 0.3) is 0 Å². The molecule has 0 unspecified atom stereocenters. The first-order chi connectivity index (χ1) is 20.2. The van der Waals surface area contributed by atoms with Crippen LogP contribution in [0.1, 0.15) is 0 Å². The number of rotatable bonds is 5. The number of aromatic nitrogens is 4. The number of nitrogens with zero attached hydrogens (tertiary/aromatic N) is 4. The molecule has 41 heavy (non-hydrogen) atoms. The molecule has 0 spiro atoms. The lowest BCUT2D eigenvalue weighted by atomic mass is 9.97. The van der Waals surface area contributed by atoms with Crippen molar-refractivity contribution >= 4 is 26.8 Å². The third-order valence-corrected chi connectivity index (χ3v) is 7.56. The molecule has 194 valence electrons. The molecule has 0 N–H and O–H groups in total. The molecular weight excluding hydrogens is 568 g/mol. The average molecular weight is 592 g/mol. The van der Waals surface area contributed by atoms with Crippen LogP contribution in [-0.4, -0.2) is 19.9 Å². The van der Waals surface area contributed by atoms with Crippen molar-refractivity contribution < 1.29 is 0 Å². The topological polar surface area (TPSA) is 51.6 Å². The molecule has 0 aliphatic rings. The summed E-state index contributed by atoms with van der Waals surface area (Å²) in [4.78, 5) is 18.8. The summed E-state index contributed by atoms with van der Waals surface area (Å²) in [7, 11) is 0. The Morgan fingerprint density at radius 1 is 0.463 bits per heavy atom. The highest BCUT2D eigenvalue weighted by molar-refractivity contribution is 9.10. The Morgan fingerprint density at radius 3 is 1.98 bits per heavy atom. The first-order valence-corrected chi connectivity index (χ1v) is 14.1. The van der Waals surface area contributed by atoms with Crippen LogP contribution in [-0.2, 0) is 0 Å². The van der Waals surface area contributed by atoms with Crippen molar-refractivity contribution in [2.75, 3.05) is 0 Å². The van der Waals surface area contributed by atoms with Gasteiger partial charge in [0.15, 0.2) is 5.82 Å². The lowest BCUT2D eigenvalue weighted by Gasteiger charge is -2.12. The van der Waals surface area contributed by atoms with Crippen LogP contribution in [0.15, 0.2) is 144 Å². The summed E-state index contributed by atoms with van der Waals surface area (Å²) >= 11 is 3.76. The second kappa shape index (κ2) is 10.9. The van der Waals surface area contributed by atoms with Gasteiger partial charge in [0.05, 0.1) is 16.9 Å². The summed E-state index contributed by atoms with van der Waals surface area (Å²) in [5.74, 6) is 0.655. The molecule has 0 saturated carbocycles. The predicted molar refractivity (Wildman–Crippen MR) is 170 cm³/mol. The van der Waals surface area contributed by atoms with Crippen LogP contribution >= 0.6 is 15.9 Å². The fourth-order valence-corrected chi connectivity index (χ4v) is 5.58. The number of benzene rings is 4. The van der Waals surface area contributed by atoms with Crippen LogP contribution in [0.4, 0.5) is 0 Å². The van der Waals surface area contributed by atoms with E-state index in [2.05, 4.69) is 117 Å². The Labute approximate surface area is 246 Å². The molecule has 0 radical (unpaired) electrons. The van der Waals surface area contributed by atoms with E-state index >= 15 is 0 Å². The van der Waals surface area contributed by atoms with E-state index in [1.165, 1.54) is 11.1 Å². The molecule has 0 aliphatic heterocycles. The van der Waals surface area contributed by atoms with E-state index < -0.39 is 0 Å². The first kappa shape index (κ1) is 25.0. The maximum atomic E-state index is 5.03. The van der Waals surface area contributed by atoms with Crippen LogP contribution < -0.4 is 0 Å². The van der Waals surface area contributed by atoms with E-state index in [-0.39, 0.29) is 0 Å². The van der Waals surface area contributed by atoms with Crippen molar-refractivity contribution in [1.82, 2.24) is 19.9 Å². The minimum absolute atomic E-state index is 0.655. The molecule has 0 fully saturated rings. The van der Waals surface area contributed by atoms with Gasteiger partial charge in [-0.25, -0.2) is 9.97 Å². The minimum Gasteiger partial charge on any atom is -0.265 e. The third-order valence-electron chi connectivity index (χ3n) is 7.10. The smallest absolute Gasteiger partial charge is 0.160 e. The predicted octanol–water partition coefficient (Wildman–Crippen LogP) is 9.52. The second-order valence-electron chi connectivity index (χ2n) is 9.75. The molecule has 3 aromatic heterocycles. The summed E-state index contributed by atoms with van der Waals surface area (Å²) in [5, 5.41) is 1.11. The molecule has 5 heteroatoms. The molecule has 0 saturated heterocycles. The van der Waals surface area contributed by atoms with Gasteiger partial charge in [-0.1, -0.05) is 88.7 Å². The van der Waals surface area contributed by atoms with Gasteiger partial charge in [-0.3, -0.25) is 9.97 Å². The van der Waals surface area contributed by atoms with Crippen molar-refractivity contribution in [1.29, 1.82) is 0 Å². The number of halogens is 1. The van der Waals surface area contributed by atoms with Crippen molar-refractivity contribution in [2.24, 2.45) is 0 Å². The van der Waals surface area contributed by atoms with Gasteiger partial charge < -0.3 is 0 Å². The van der Waals surface area contributed by atoms with E-state index in [0.29, 0.717) is 5.82 Å². The summed E-state index contributed by atoms with van der Waals surface area (Å²) in [5.41, 5.74) is 10.2. The molecule has 0 bridgehead atoms. The largest absolute Gasteiger partial charge is 0.265 e. The zero-order valence-corrected chi connectivity index (χ0v) is 23.5. The van der Waals surface area contributed by atoms with Gasteiger partial charge in [-0.15, -0.1) is 0 Å². The van der Waals surface area contributed by atoms with Gasteiger partial charge in [-0.2, -0.15) is 0 Å². The van der Waals surface area contributed by atoms with Crippen molar-refractivity contribution in [3.8, 4) is 56.2 Å². The number of pyridine rings is 2. The van der Waals surface area contributed by atoms with Gasteiger partial charge in [0, 0.05) is 45.1 Å². The maximum Gasteiger partial charge on any atom is 0.160 e. The van der Waals surface area contributed by atoms with Crippen molar-refractivity contribution in [3.05, 3.63) is 144 Å². The highest BCUT2D eigenvalue weighted by Gasteiger charge is 2.14. The second-order valence-corrected chi connectivity index (χ2v) is 10.7. The van der Waals surface area contributed by atoms with Crippen LogP contribution in [0.25, 0.3) is 67.1 Å². The van der Waals surface area contributed by atoms with E-state index in [1.807, 2.05) is 36.5 Å². The zero-order chi connectivity index (χ0) is 27.6. The normalized spacial score (nSPS) is 11.0. The Hall–Kier alpha value is -5.00. The fourth-order valence-electron chi connectivity index (χ4n) is 5.09. The van der Waals surface area contributed by atoms with Crippen LogP contribution in [0.2, 0.25) is 0 Å². The Morgan fingerprint density at radius 2 is 1.17 bits per heavy atom. The van der Waals surface area contributed by atoms with Gasteiger partial charge >= 0.3 is 0 Å². The molecule has 4 nitrogen and oxygen atoms in total. The Bertz CT molecular complexity index is 1980. The number of hydrogen-bond acceptors (Lipinski definition) is 4. The summed E-state index contributed by atoms with van der Waals surface area (Å²) in [6, 6.07) is 41.6. The van der Waals surface area contributed by atoms with Crippen LogP contribution in [0, 0.1) is 0 Å². The molecule has 7 aromatic rings. The first-order valence-electron chi connectivity index (χ1n) is 13.3. The van der Waals surface area contributed by atoms with Gasteiger partial charge in [0.1, 0.15) is 0 Å². The van der Waals surface area contributed by atoms with Crippen molar-refractivity contribution in [3.63, 3.8) is 0 Å². The summed E-state index contributed by atoms with van der Waals surface area (Å²) in [6.07, 6.45) is 5.37. The third kappa shape index (κ3) is 5.15. The SMILES string of the molecule is Brc1cc(-c2cc(-c3ccc(-c4ccccc4)cc3)nc(-c3ccncc3)n2)cc(-c2cccc3ncccc23)c1. The maximum absolute atomic E-state index is 5.03. The van der Waals surface area contributed by atoms with E-state index in [4.69, 9.17) is 9.97 Å². The quantitative estimate of drug-likeness (QED) is 0.200. The lowest BCUT2D eigenvalue weighted by molar-refractivity contribution is 1.17. The minimum atomic E-state index is 0.655. The number of hydrogen-bond donors (Lipinski definition) is 0. The van der Waals surface area contributed by atoms with E-state index in [1.54, 1.807) is 12.4 Å². The summed E-state index contributed by atoms with van der Waals surface area (Å²) < 4.78 is 0.976. The van der Waals surface area contributed by atoms with Crippen molar-refractivity contribution in [2.45, 2.75) is 0 Å². The molecule has 3 heterocycles. The standard InChI is InChI=1S/C36H23BrN4/c37-30-21-28(31-8-4-10-33-32(31)9-5-17-39-33)20-29(22-30)35-23-34(40-36(41-35)27-15-18-38-19-16-27)26-13-11-25(12-14-26)24-6-2-1-3-7-24/h1-23H. The summed E-state index contributed by atoms with van der Waals surface area (Å²) in [6.45, 7) is 0. The average Bonchev–Trinajstić information content (AvgIpc) is 3.05. The van der Waals surface area contributed by atoms with E-state index in [9.17, 15) is 0 Å². The van der Waals surface area contributed by atoms with Crippen LogP contribution in [0.5, 0.6) is 0 Å². The Balaban J connectivity index is 1.37. The van der Waals surface area contributed by atoms with Gasteiger partial charge in [-0.05, 0) is 70.8 Å². The lowest BCUT2D eigenvalue weighted by Crippen LogP contribution is -1.96. The van der Waals surface area contributed by atoms with Gasteiger partial charge in [0.2, 0.25) is 0 Å². The molecule has 0 aliphatic carbocycles. The molecular formula is C36H23BrN4. The molecule has 0 amide bonds. The highest BCUT2D eigenvalue weighted by Crippen LogP contribution is 2.35. The Kier molecular flexibility index (Phi) is 6.63. The fraction of sp³-hybridized carbons (Fsp3) is 0. The van der Waals surface area contributed by atoms with E-state index in [0.717, 1.165) is 54.6 Å². The van der Waals surface area contributed by atoms with Crippen LogP contribution in [0.3, 0.4) is 0 Å². The zero-order valence-electron chi connectivity index (χ0n) is 21.9. The molecule has 4 aromatic carbocycles. The molecule has 7 rings (SSSR count).